The van der Waals surface area contributed by atoms with Crippen LogP contribution >= 0.6 is 11.6 Å². The molecule has 144 valence electrons. The molecule has 0 spiro atoms. The Morgan fingerprint density at radius 2 is 2.00 bits per heavy atom. The molecule has 1 aromatic heterocycles. The van der Waals surface area contributed by atoms with Gasteiger partial charge in [-0.15, -0.1) is 0 Å². The standard InChI is InChI=1S/C19H15ClFN3O4/c20-14-10-13(2-3-15(14)21)28-11-24-6-5-16(23-24)19(25)22-12-1-4-17-18(9-12)27-8-7-26-17/h1-6,9-10H,7-8,11H2,(H,22,25). The summed E-state index contributed by atoms with van der Waals surface area (Å²) in [4.78, 5) is 12.4. The highest BCUT2D eigenvalue weighted by atomic mass is 35.5. The van der Waals surface area contributed by atoms with Crippen LogP contribution in [0.15, 0.2) is 48.7 Å². The van der Waals surface area contributed by atoms with E-state index >= 15 is 0 Å². The van der Waals surface area contributed by atoms with Crippen molar-refractivity contribution in [3.63, 3.8) is 0 Å². The summed E-state index contributed by atoms with van der Waals surface area (Å²) in [5, 5.41) is 6.89. The highest BCUT2D eigenvalue weighted by Gasteiger charge is 2.15. The third-order valence-corrected chi connectivity index (χ3v) is 4.22. The molecule has 0 saturated carbocycles. The van der Waals surface area contributed by atoms with Crippen molar-refractivity contribution in [2.75, 3.05) is 18.5 Å². The molecule has 1 aliphatic rings. The number of carbonyl (C=O) groups is 1. The number of anilines is 1. The zero-order valence-electron chi connectivity index (χ0n) is 14.5. The Balaban J connectivity index is 1.38. The number of ether oxygens (including phenoxy) is 3. The Kier molecular flexibility index (Phi) is 5.03. The number of nitrogens with one attached hydrogen (secondary N) is 1. The molecular weight excluding hydrogens is 389 g/mol. The van der Waals surface area contributed by atoms with Crippen LogP contribution < -0.4 is 19.5 Å². The number of hydrogen-bond donors (Lipinski definition) is 1. The summed E-state index contributed by atoms with van der Waals surface area (Å²) in [5.74, 6) is 0.725. The Bertz CT molecular complexity index is 1020. The molecule has 0 saturated heterocycles. The molecule has 1 aliphatic heterocycles. The minimum atomic E-state index is -0.522. The van der Waals surface area contributed by atoms with Crippen LogP contribution in [-0.4, -0.2) is 28.9 Å². The molecule has 4 rings (SSSR count). The molecule has 1 amide bonds. The highest BCUT2D eigenvalue weighted by molar-refractivity contribution is 6.30. The zero-order chi connectivity index (χ0) is 19.5. The van der Waals surface area contributed by atoms with Crippen LogP contribution in [0.3, 0.4) is 0 Å². The molecule has 0 atom stereocenters. The Morgan fingerprint density at radius 3 is 2.82 bits per heavy atom. The van der Waals surface area contributed by atoms with Gasteiger partial charge < -0.3 is 19.5 Å². The first-order valence-corrected chi connectivity index (χ1v) is 8.78. The summed E-state index contributed by atoms with van der Waals surface area (Å²) in [6.07, 6.45) is 1.60. The largest absolute Gasteiger partial charge is 0.486 e. The molecular formula is C19H15ClFN3O4. The number of fused-ring (bicyclic) bond motifs is 1. The van der Waals surface area contributed by atoms with Crippen LogP contribution in [0, 0.1) is 5.82 Å². The van der Waals surface area contributed by atoms with Crippen LogP contribution in [0.4, 0.5) is 10.1 Å². The van der Waals surface area contributed by atoms with Gasteiger partial charge in [0.05, 0.1) is 5.02 Å². The van der Waals surface area contributed by atoms with Crippen molar-refractivity contribution in [3.05, 3.63) is 65.2 Å². The van der Waals surface area contributed by atoms with E-state index in [9.17, 15) is 9.18 Å². The van der Waals surface area contributed by atoms with Crippen molar-refractivity contribution in [1.82, 2.24) is 9.78 Å². The van der Waals surface area contributed by atoms with Gasteiger partial charge in [-0.2, -0.15) is 5.10 Å². The number of benzene rings is 2. The minimum Gasteiger partial charge on any atom is -0.486 e. The highest BCUT2D eigenvalue weighted by Crippen LogP contribution is 2.32. The van der Waals surface area contributed by atoms with Gasteiger partial charge in [0.15, 0.2) is 23.9 Å². The lowest BCUT2D eigenvalue weighted by molar-refractivity contribution is 0.102. The molecule has 9 heteroatoms. The van der Waals surface area contributed by atoms with Crippen LogP contribution in [0.5, 0.6) is 17.2 Å². The van der Waals surface area contributed by atoms with E-state index in [0.717, 1.165) is 0 Å². The number of hydrogen-bond acceptors (Lipinski definition) is 5. The topological polar surface area (TPSA) is 74.6 Å². The summed E-state index contributed by atoms with van der Waals surface area (Å²) in [5.41, 5.74) is 0.789. The third-order valence-electron chi connectivity index (χ3n) is 3.93. The van der Waals surface area contributed by atoms with Crippen molar-refractivity contribution in [2.24, 2.45) is 0 Å². The number of carbonyl (C=O) groups excluding carboxylic acids is 1. The molecule has 0 radical (unpaired) electrons. The second kappa shape index (κ2) is 7.77. The van der Waals surface area contributed by atoms with Crippen LogP contribution in [-0.2, 0) is 6.73 Å². The van der Waals surface area contributed by atoms with E-state index < -0.39 is 5.82 Å². The molecule has 0 bridgehead atoms. The van der Waals surface area contributed by atoms with Crippen molar-refractivity contribution >= 4 is 23.2 Å². The summed E-state index contributed by atoms with van der Waals surface area (Å²) in [7, 11) is 0. The van der Waals surface area contributed by atoms with Crippen molar-refractivity contribution in [2.45, 2.75) is 6.73 Å². The summed E-state index contributed by atoms with van der Waals surface area (Å²) >= 11 is 5.72. The maximum atomic E-state index is 13.2. The first kappa shape index (κ1) is 18.1. The number of rotatable bonds is 5. The SMILES string of the molecule is O=C(Nc1ccc2c(c1)OCCO2)c1ccn(COc2ccc(F)c(Cl)c2)n1. The minimum absolute atomic E-state index is 0.0301. The van der Waals surface area contributed by atoms with E-state index in [2.05, 4.69) is 10.4 Å². The van der Waals surface area contributed by atoms with Crippen LogP contribution in [0.2, 0.25) is 5.02 Å². The molecule has 0 aliphatic carbocycles. The van der Waals surface area contributed by atoms with E-state index in [1.165, 1.54) is 22.9 Å². The van der Waals surface area contributed by atoms with Gasteiger partial charge in [-0.25, -0.2) is 9.07 Å². The predicted molar refractivity (Wildman–Crippen MR) is 99.7 cm³/mol. The van der Waals surface area contributed by atoms with Crippen LogP contribution in [0.25, 0.3) is 0 Å². The Labute approximate surface area is 164 Å². The molecule has 0 fully saturated rings. The maximum Gasteiger partial charge on any atom is 0.276 e. The summed E-state index contributed by atoms with van der Waals surface area (Å²) in [6.45, 7) is 1.01. The third kappa shape index (κ3) is 4.01. The van der Waals surface area contributed by atoms with Gasteiger partial charge in [-0.3, -0.25) is 4.79 Å². The van der Waals surface area contributed by atoms with Gasteiger partial charge in [0, 0.05) is 24.0 Å². The molecule has 2 aromatic carbocycles. The molecule has 7 nitrogen and oxygen atoms in total. The Hall–Kier alpha value is -3.26. The average Bonchev–Trinajstić information content (AvgIpc) is 3.18. The average molecular weight is 404 g/mol. The number of amides is 1. The smallest absolute Gasteiger partial charge is 0.276 e. The first-order chi connectivity index (χ1) is 13.6. The second-order valence-corrected chi connectivity index (χ2v) is 6.31. The number of nitrogens with zero attached hydrogens (tertiary/aromatic N) is 2. The number of halogens is 2. The van der Waals surface area contributed by atoms with E-state index in [1.807, 2.05) is 0 Å². The first-order valence-electron chi connectivity index (χ1n) is 8.41. The Morgan fingerprint density at radius 1 is 1.18 bits per heavy atom. The van der Waals surface area contributed by atoms with Gasteiger partial charge in [-0.1, -0.05) is 11.6 Å². The summed E-state index contributed by atoms with van der Waals surface area (Å²) in [6, 6.07) is 10.8. The lowest BCUT2D eigenvalue weighted by Crippen LogP contribution is -2.17. The molecule has 2 heterocycles. The summed E-state index contributed by atoms with van der Waals surface area (Å²) < 4.78 is 31.0. The van der Waals surface area contributed by atoms with Gasteiger partial charge in [0.2, 0.25) is 0 Å². The van der Waals surface area contributed by atoms with Crippen molar-refractivity contribution in [1.29, 1.82) is 0 Å². The van der Waals surface area contributed by atoms with Crippen molar-refractivity contribution < 1.29 is 23.4 Å². The lowest BCUT2D eigenvalue weighted by atomic mass is 10.2. The lowest BCUT2D eigenvalue weighted by Gasteiger charge is -2.18. The molecule has 0 unspecified atom stereocenters. The quantitative estimate of drug-likeness (QED) is 0.702. The van der Waals surface area contributed by atoms with E-state index in [0.29, 0.717) is 36.1 Å². The monoisotopic (exact) mass is 403 g/mol. The van der Waals surface area contributed by atoms with Crippen LogP contribution in [0.1, 0.15) is 10.5 Å². The van der Waals surface area contributed by atoms with E-state index in [4.69, 9.17) is 25.8 Å². The predicted octanol–water partition coefficient (Wildman–Crippen LogP) is 3.74. The zero-order valence-corrected chi connectivity index (χ0v) is 15.3. The maximum absolute atomic E-state index is 13.2. The fourth-order valence-electron chi connectivity index (χ4n) is 2.58. The fourth-order valence-corrected chi connectivity index (χ4v) is 2.75. The number of aromatic nitrogens is 2. The fraction of sp³-hybridized carbons (Fsp3) is 0.158. The van der Waals surface area contributed by atoms with Crippen molar-refractivity contribution in [3.8, 4) is 17.2 Å². The molecule has 3 aromatic rings. The van der Waals surface area contributed by atoms with Gasteiger partial charge in [0.1, 0.15) is 24.8 Å². The van der Waals surface area contributed by atoms with Gasteiger partial charge in [0.25, 0.3) is 5.91 Å². The normalized spacial score (nSPS) is 12.5. The van der Waals surface area contributed by atoms with Gasteiger partial charge >= 0.3 is 0 Å². The van der Waals surface area contributed by atoms with Gasteiger partial charge in [-0.05, 0) is 30.3 Å². The molecule has 1 N–H and O–H groups in total. The molecule has 28 heavy (non-hydrogen) atoms. The second-order valence-electron chi connectivity index (χ2n) is 5.90. The van der Waals surface area contributed by atoms with E-state index in [-0.39, 0.29) is 23.4 Å². The van der Waals surface area contributed by atoms with E-state index in [1.54, 1.807) is 30.5 Å².